The topological polar surface area (TPSA) is 18.5 Å². The van der Waals surface area contributed by atoms with Gasteiger partial charge in [0.15, 0.2) is 23.2 Å². The molecule has 33 heavy (non-hydrogen) atoms. The van der Waals surface area contributed by atoms with Crippen molar-refractivity contribution < 1.29 is 22.6 Å². The second-order valence-corrected chi connectivity index (χ2v) is 9.82. The highest BCUT2D eigenvalue weighted by Gasteiger charge is 2.29. The fourth-order valence-electron chi connectivity index (χ4n) is 5.68. The van der Waals surface area contributed by atoms with Crippen molar-refractivity contribution in [3.63, 3.8) is 0 Å². The number of methoxy groups -OCH3 is 1. The molecule has 0 radical (unpaired) electrons. The predicted molar refractivity (Wildman–Crippen MR) is 124 cm³/mol. The predicted octanol–water partition coefficient (Wildman–Crippen LogP) is 8.15. The van der Waals surface area contributed by atoms with Crippen LogP contribution in [0.5, 0.6) is 11.5 Å². The van der Waals surface area contributed by atoms with Gasteiger partial charge in [0.1, 0.15) is 5.75 Å². The van der Waals surface area contributed by atoms with E-state index in [1.165, 1.54) is 19.6 Å². The van der Waals surface area contributed by atoms with Crippen molar-refractivity contribution >= 4 is 0 Å². The van der Waals surface area contributed by atoms with Crippen LogP contribution >= 0.6 is 0 Å². The first kappa shape index (κ1) is 24.0. The molecule has 5 heteroatoms. The van der Waals surface area contributed by atoms with Gasteiger partial charge in [-0.3, -0.25) is 0 Å². The zero-order valence-corrected chi connectivity index (χ0v) is 19.7. The lowest BCUT2D eigenvalue weighted by Crippen LogP contribution is -2.20. The summed E-state index contributed by atoms with van der Waals surface area (Å²) in [5.74, 6) is 0.203. The van der Waals surface area contributed by atoms with Gasteiger partial charge < -0.3 is 9.47 Å². The summed E-state index contributed by atoms with van der Waals surface area (Å²) in [6, 6.07) is 8.26. The molecule has 0 atom stereocenters. The Balaban J connectivity index is 1.32. The van der Waals surface area contributed by atoms with E-state index in [9.17, 15) is 4.39 Å². The van der Waals surface area contributed by atoms with Crippen molar-refractivity contribution in [2.24, 2.45) is 11.8 Å². The summed E-state index contributed by atoms with van der Waals surface area (Å²) in [6.07, 6.45) is 8.69. The number of halogens is 3. The highest BCUT2D eigenvalue weighted by molar-refractivity contribution is 5.33. The molecule has 2 nitrogen and oxygen atoms in total. The van der Waals surface area contributed by atoms with Crippen molar-refractivity contribution in [2.75, 3.05) is 13.7 Å². The summed E-state index contributed by atoms with van der Waals surface area (Å²) in [4.78, 5) is 0. The second-order valence-electron chi connectivity index (χ2n) is 9.82. The lowest BCUT2D eigenvalue weighted by Gasteiger charge is -2.31. The quantitative estimate of drug-likeness (QED) is 0.415. The summed E-state index contributed by atoms with van der Waals surface area (Å²) >= 11 is 0. The molecule has 2 saturated carbocycles. The third-order valence-corrected chi connectivity index (χ3v) is 7.90. The first-order chi connectivity index (χ1) is 16.0. The molecule has 4 rings (SSSR count). The van der Waals surface area contributed by atoms with Gasteiger partial charge >= 0.3 is 0 Å². The molecule has 0 spiro atoms. The average molecular weight is 461 g/mol. The van der Waals surface area contributed by atoms with E-state index in [4.69, 9.17) is 9.47 Å². The molecule has 0 unspecified atom stereocenters. The maximum atomic E-state index is 15.1. The lowest BCUT2D eigenvalue weighted by molar-refractivity contribution is 0.198. The maximum absolute atomic E-state index is 15.1. The Labute approximate surface area is 195 Å². The van der Waals surface area contributed by atoms with E-state index < -0.39 is 17.5 Å². The Morgan fingerprint density at radius 1 is 0.758 bits per heavy atom. The van der Waals surface area contributed by atoms with Crippen LogP contribution in [0.3, 0.4) is 0 Å². The molecular weight excluding hydrogens is 425 g/mol. The number of hydrogen-bond acceptors (Lipinski definition) is 2. The number of benzene rings is 2. The van der Waals surface area contributed by atoms with Gasteiger partial charge in [0.25, 0.3) is 0 Å². The van der Waals surface area contributed by atoms with Crippen LogP contribution in [-0.2, 0) is 0 Å². The lowest BCUT2D eigenvalue weighted by atomic mass is 9.76. The molecule has 0 N–H and O–H groups in total. The van der Waals surface area contributed by atoms with Crippen molar-refractivity contribution in [1.82, 2.24) is 0 Å². The molecule has 2 fully saturated rings. The van der Waals surface area contributed by atoms with Crippen LogP contribution < -0.4 is 9.47 Å². The third kappa shape index (κ3) is 5.50. The zero-order chi connectivity index (χ0) is 23.4. The van der Waals surface area contributed by atoms with E-state index in [0.717, 1.165) is 57.3 Å². The van der Waals surface area contributed by atoms with Crippen LogP contribution in [0.2, 0.25) is 0 Å². The van der Waals surface area contributed by atoms with Gasteiger partial charge in [-0.2, -0.15) is 0 Å². The molecule has 2 aromatic carbocycles. The van der Waals surface area contributed by atoms with Crippen molar-refractivity contribution in [3.8, 4) is 11.5 Å². The van der Waals surface area contributed by atoms with Gasteiger partial charge in [-0.25, -0.2) is 13.2 Å². The Kier molecular flexibility index (Phi) is 7.87. The number of hydrogen-bond donors (Lipinski definition) is 0. The molecular formula is C28H35F3O2. The molecule has 0 bridgehead atoms. The first-order valence-corrected chi connectivity index (χ1v) is 12.4. The highest BCUT2D eigenvalue weighted by Crippen LogP contribution is 2.42. The van der Waals surface area contributed by atoms with Gasteiger partial charge in [0, 0.05) is 6.07 Å². The Bertz CT molecular complexity index is 929. The van der Waals surface area contributed by atoms with Gasteiger partial charge in [-0.1, -0.05) is 25.5 Å². The normalized spacial score (nSPS) is 25.6. The van der Waals surface area contributed by atoms with Crippen molar-refractivity contribution in [3.05, 3.63) is 58.9 Å². The molecule has 2 aromatic rings. The summed E-state index contributed by atoms with van der Waals surface area (Å²) < 4.78 is 54.6. The SMILES string of the molecule is CCC1CCC(c2ccc(C3CCC(COc4ccc(OC)c(F)c4)CC3)c(F)c2F)CC1. The van der Waals surface area contributed by atoms with E-state index in [-0.39, 0.29) is 17.6 Å². The largest absolute Gasteiger partial charge is 0.494 e. The van der Waals surface area contributed by atoms with Crippen LogP contribution in [0.1, 0.15) is 87.7 Å². The Hall–Kier alpha value is -2.17. The summed E-state index contributed by atoms with van der Waals surface area (Å²) in [6.45, 7) is 2.70. The molecule has 2 aliphatic carbocycles. The minimum atomic E-state index is -0.640. The van der Waals surface area contributed by atoms with Crippen LogP contribution in [0.15, 0.2) is 30.3 Å². The minimum Gasteiger partial charge on any atom is -0.494 e. The third-order valence-electron chi connectivity index (χ3n) is 7.90. The van der Waals surface area contributed by atoms with Crippen LogP contribution in [0, 0.1) is 29.3 Å². The zero-order valence-electron chi connectivity index (χ0n) is 19.7. The number of rotatable bonds is 7. The average Bonchev–Trinajstić information content (AvgIpc) is 2.85. The van der Waals surface area contributed by atoms with Gasteiger partial charge in [-0.05, 0) is 98.3 Å². The van der Waals surface area contributed by atoms with E-state index in [0.29, 0.717) is 29.4 Å². The van der Waals surface area contributed by atoms with Crippen LogP contribution in [-0.4, -0.2) is 13.7 Å². The van der Waals surface area contributed by atoms with Crippen molar-refractivity contribution in [2.45, 2.75) is 76.5 Å². The van der Waals surface area contributed by atoms with Crippen LogP contribution in [0.4, 0.5) is 13.2 Å². The van der Waals surface area contributed by atoms with Gasteiger partial charge in [0.2, 0.25) is 0 Å². The fourth-order valence-corrected chi connectivity index (χ4v) is 5.68. The fraction of sp³-hybridized carbons (Fsp3) is 0.571. The molecule has 0 saturated heterocycles. The maximum Gasteiger partial charge on any atom is 0.168 e. The van der Waals surface area contributed by atoms with Gasteiger partial charge in [-0.15, -0.1) is 0 Å². The van der Waals surface area contributed by atoms with E-state index in [1.807, 2.05) is 12.1 Å². The Morgan fingerprint density at radius 2 is 1.30 bits per heavy atom. The van der Waals surface area contributed by atoms with Crippen molar-refractivity contribution in [1.29, 1.82) is 0 Å². The number of ether oxygens (including phenoxy) is 2. The summed E-state index contributed by atoms with van der Waals surface area (Å²) in [7, 11) is 1.43. The standard InChI is InChI=1S/C28H35F3O2/c1-3-18-4-8-20(9-5-18)23-13-14-24(28(31)27(23)30)21-10-6-19(7-11-21)17-33-22-12-15-26(32-2)25(29)16-22/h12-16,18-21H,3-11,17H2,1-2H3. The molecule has 0 aromatic heterocycles. The first-order valence-electron chi connectivity index (χ1n) is 12.4. The highest BCUT2D eigenvalue weighted by atomic mass is 19.2. The monoisotopic (exact) mass is 460 g/mol. The van der Waals surface area contributed by atoms with E-state index >= 15 is 8.78 Å². The molecule has 0 aliphatic heterocycles. The molecule has 180 valence electrons. The molecule has 0 heterocycles. The minimum absolute atomic E-state index is 0.0408. The second kappa shape index (κ2) is 10.8. The summed E-state index contributed by atoms with van der Waals surface area (Å²) in [5.41, 5.74) is 1.09. The Morgan fingerprint density at radius 3 is 1.79 bits per heavy atom. The van der Waals surface area contributed by atoms with Crippen LogP contribution in [0.25, 0.3) is 0 Å². The van der Waals surface area contributed by atoms with E-state index in [1.54, 1.807) is 12.1 Å². The smallest absolute Gasteiger partial charge is 0.168 e. The van der Waals surface area contributed by atoms with E-state index in [2.05, 4.69) is 6.92 Å². The molecule has 0 amide bonds. The molecule has 2 aliphatic rings. The summed E-state index contributed by atoms with van der Waals surface area (Å²) in [5, 5.41) is 0. The van der Waals surface area contributed by atoms with Gasteiger partial charge in [0.05, 0.1) is 13.7 Å².